The third-order valence-electron chi connectivity index (χ3n) is 2.76. The van der Waals surface area contributed by atoms with Crippen LogP contribution in [0.2, 0.25) is 0 Å². The lowest BCUT2D eigenvalue weighted by Gasteiger charge is -2.24. The molecule has 0 aliphatic carbocycles. The minimum Gasteiger partial charge on any atom is -0.341 e. The molecule has 122 valence electrons. The molecule has 0 aromatic heterocycles. The van der Waals surface area contributed by atoms with E-state index < -0.39 is 13.6 Å². The first kappa shape index (κ1) is 20.2. The molecular formula is C15H29N2O3P. The number of rotatable bonds is 8. The highest BCUT2D eigenvalue weighted by Gasteiger charge is 2.26. The molecule has 0 aliphatic rings. The van der Waals surface area contributed by atoms with E-state index in [1.807, 2.05) is 13.8 Å². The molecule has 21 heavy (non-hydrogen) atoms. The quantitative estimate of drug-likeness (QED) is 0.474. The summed E-state index contributed by atoms with van der Waals surface area (Å²) in [6.07, 6.45) is 1.25. The number of hydrogen-bond acceptors (Lipinski definition) is 2. The summed E-state index contributed by atoms with van der Waals surface area (Å²) in [7, 11) is -3.47. The van der Waals surface area contributed by atoms with Crippen LogP contribution in [-0.4, -0.2) is 29.5 Å². The van der Waals surface area contributed by atoms with Gasteiger partial charge in [-0.05, 0) is 31.6 Å². The van der Waals surface area contributed by atoms with Gasteiger partial charge in [-0.1, -0.05) is 33.6 Å². The summed E-state index contributed by atoms with van der Waals surface area (Å²) >= 11 is 0. The smallest absolute Gasteiger partial charge is 0.264 e. The lowest BCUT2D eigenvalue weighted by molar-refractivity contribution is -0.123. The van der Waals surface area contributed by atoms with Crippen LogP contribution in [0.5, 0.6) is 0 Å². The highest BCUT2D eigenvalue weighted by molar-refractivity contribution is 7.55. The highest BCUT2D eigenvalue weighted by Crippen LogP contribution is 2.31. The Bertz CT molecular complexity index is 432. The summed E-state index contributed by atoms with van der Waals surface area (Å²) in [5.41, 5.74) is 0. The van der Waals surface area contributed by atoms with E-state index >= 15 is 0 Å². The zero-order chi connectivity index (χ0) is 16.6. The Morgan fingerprint density at radius 1 is 1.19 bits per heavy atom. The lowest BCUT2D eigenvalue weighted by atomic mass is 10.0. The molecule has 0 spiro atoms. The number of carbonyl (C=O) groups is 1. The van der Waals surface area contributed by atoms with Crippen molar-refractivity contribution in [2.45, 2.75) is 59.5 Å². The monoisotopic (exact) mass is 316 g/mol. The van der Waals surface area contributed by atoms with Crippen LogP contribution in [0.15, 0.2) is 0 Å². The molecule has 3 atom stereocenters. The normalized spacial score (nSPS) is 16.8. The van der Waals surface area contributed by atoms with Crippen molar-refractivity contribution in [1.82, 2.24) is 10.4 Å². The largest absolute Gasteiger partial charge is 0.341 e. The minimum absolute atomic E-state index is 0.228. The van der Waals surface area contributed by atoms with Crippen LogP contribution in [0.1, 0.15) is 47.5 Å². The molecule has 1 amide bonds. The average molecular weight is 316 g/mol. The maximum Gasteiger partial charge on any atom is 0.264 e. The Morgan fingerprint density at radius 2 is 1.71 bits per heavy atom. The van der Waals surface area contributed by atoms with Crippen LogP contribution in [-0.2, 0) is 9.36 Å². The maximum absolute atomic E-state index is 12.3. The number of hydrogen-bond donors (Lipinski definition) is 3. The number of amides is 1. The van der Waals surface area contributed by atoms with Crippen molar-refractivity contribution < 1.29 is 14.3 Å². The van der Waals surface area contributed by atoms with Crippen molar-refractivity contribution in [2.75, 3.05) is 6.66 Å². The van der Waals surface area contributed by atoms with Gasteiger partial charge in [0.1, 0.15) is 0 Å². The zero-order valence-corrected chi connectivity index (χ0v) is 14.8. The Balaban J connectivity index is 4.90. The molecule has 5 nitrogen and oxygen atoms in total. The number of nitrogens with one attached hydrogen (secondary N) is 2. The SMILES string of the molecule is CC#CC(CC(C)C)NC(=O)C(CC(C)C)NP(C)(=O)O. The van der Waals surface area contributed by atoms with Crippen LogP contribution in [0.3, 0.4) is 0 Å². The molecule has 3 N–H and O–H groups in total. The van der Waals surface area contributed by atoms with E-state index in [-0.39, 0.29) is 17.9 Å². The van der Waals surface area contributed by atoms with Crippen molar-refractivity contribution in [3.8, 4) is 11.8 Å². The highest BCUT2D eigenvalue weighted by atomic mass is 31.2. The van der Waals surface area contributed by atoms with E-state index in [0.717, 1.165) is 6.42 Å². The fourth-order valence-electron chi connectivity index (χ4n) is 2.05. The van der Waals surface area contributed by atoms with Crippen molar-refractivity contribution in [1.29, 1.82) is 0 Å². The van der Waals surface area contributed by atoms with Gasteiger partial charge in [0.2, 0.25) is 5.91 Å². The standard InChI is InChI=1S/C15H29N2O3P/c1-7-8-13(9-11(2)3)16-15(18)14(10-12(4)5)17-21(6,19)20/h11-14H,9-10H2,1-6H3,(H,16,18)(H2,17,19,20). The van der Waals surface area contributed by atoms with Crippen molar-refractivity contribution in [3.63, 3.8) is 0 Å². The minimum atomic E-state index is -3.47. The predicted octanol–water partition coefficient (Wildman–Crippen LogP) is 2.36. The summed E-state index contributed by atoms with van der Waals surface area (Å²) in [5.74, 6) is 6.16. The summed E-state index contributed by atoms with van der Waals surface area (Å²) < 4.78 is 11.5. The summed E-state index contributed by atoms with van der Waals surface area (Å²) in [4.78, 5) is 21.8. The van der Waals surface area contributed by atoms with Crippen molar-refractivity contribution >= 4 is 13.4 Å². The van der Waals surface area contributed by atoms with Gasteiger partial charge < -0.3 is 10.2 Å². The van der Waals surface area contributed by atoms with Crippen LogP contribution in [0.25, 0.3) is 0 Å². The molecule has 0 saturated carbocycles. The van der Waals surface area contributed by atoms with E-state index in [0.29, 0.717) is 12.3 Å². The first-order valence-electron chi connectivity index (χ1n) is 7.35. The first-order chi connectivity index (χ1) is 9.55. The molecule has 0 aromatic rings. The molecule has 3 unspecified atom stereocenters. The van der Waals surface area contributed by atoms with E-state index in [1.54, 1.807) is 6.92 Å². The molecule has 0 rings (SSSR count). The third kappa shape index (κ3) is 10.5. The van der Waals surface area contributed by atoms with E-state index in [9.17, 15) is 14.3 Å². The van der Waals surface area contributed by atoms with Crippen LogP contribution < -0.4 is 10.4 Å². The number of carbonyl (C=O) groups excluding carboxylic acids is 1. The van der Waals surface area contributed by atoms with Gasteiger partial charge in [0.05, 0.1) is 12.1 Å². The topological polar surface area (TPSA) is 78.4 Å². The Morgan fingerprint density at radius 3 is 2.10 bits per heavy atom. The molecule has 0 aliphatic heterocycles. The molecule has 0 heterocycles. The summed E-state index contributed by atoms with van der Waals surface area (Å²) in [6.45, 7) is 11.0. The van der Waals surface area contributed by atoms with Gasteiger partial charge in [-0.15, -0.1) is 5.92 Å². The van der Waals surface area contributed by atoms with E-state index in [4.69, 9.17) is 0 Å². The van der Waals surface area contributed by atoms with Gasteiger partial charge in [-0.2, -0.15) is 0 Å². The van der Waals surface area contributed by atoms with Crippen LogP contribution >= 0.6 is 7.52 Å². The average Bonchev–Trinajstić information content (AvgIpc) is 2.24. The first-order valence-corrected chi connectivity index (χ1v) is 9.46. The van der Waals surface area contributed by atoms with Gasteiger partial charge in [-0.3, -0.25) is 9.36 Å². The Labute approximate surface area is 128 Å². The third-order valence-corrected chi connectivity index (χ3v) is 3.55. The summed E-state index contributed by atoms with van der Waals surface area (Å²) in [5, 5.41) is 5.41. The van der Waals surface area contributed by atoms with E-state index in [1.165, 1.54) is 6.66 Å². The fourth-order valence-corrected chi connectivity index (χ4v) is 2.85. The van der Waals surface area contributed by atoms with Gasteiger partial charge in [-0.25, -0.2) is 5.09 Å². The maximum atomic E-state index is 12.3. The Kier molecular flexibility index (Phi) is 8.89. The molecule has 6 heteroatoms. The molecule has 0 radical (unpaired) electrons. The molecule has 0 aromatic carbocycles. The molecule has 0 saturated heterocycles. The van der Waals surface area contributed by atoms with Gasteiger partial charge in [0, 0.05) is 6.66 Å². The van der Waals surface area contributed by atoms with Crippen LogP contribution in [0.4, 0.5) is 0 Å². The van der Waals surface area contributed by atoms with Crippen molar-refractivity contribution in [3.05, 3.63) is 0 Å². The fraction of sp³-hybridized carbons (Fsp3) is 0.800. The second kappa shape index (κ2) is 9.25. The lowest BCUT2D eigenvalue weighted by Crippen LogP contribution is -2.47. The van der Waals surface area contributed by atoms with Crippen LogP contribution in [0, 0.1) is 23.7 Å². The Hall–Kier alpha value is -0.820. The van der Waals surface area contributed by atoms with Gasteiger partial charge in [0.15, 0.2) is 0 Å². The second-order valence-corrected chi connectivity index (χ2v) is 8.29. The van der Waals surface area contributed by atoms with Gasteiger partial charge >= 0.3 is 0 Å². The second-order valence-electron chi connectivity index (χ2n) is 6.28. The van der Waals surface area contributed by atoms with Crippen molar-refractivity contribution in [2.24, 2.45) is 11.8 Å². The zero-order valence-electron chi connectivity index (χ0n) is 13.9. The predicted molar refractivity (Wildman–Crippen MR) is 87.0 cm³/mol. The summed E-state index contributed by atoms with van der Waals surface area (Å²) in [6, 6.07) is -0.909. The van der Waals surface area contributed by atoms with E-state index in [2.05, 4.69) is 36.1 Å². The molecule has 0 bridgehead atoms. The molecule has 0 fully saturated rings. The molecular weight excluding hydrogens is 287 g/mol. The van der Waals surface area contributed by atoms with Gasteiger partial charge in [0.25, 0.3) is 7.52 Å².